The third kappa shape index (κ3) is 3.25. The number of amides is 1. The Morgan fingerprint density at radius 2 is 1.80 bits per heavy atom. The van der Waals surface area contributed by atoms with Gasteiger partial charge in [-0.05, 0) is 25.5 Å². The average molecular weight is 402 g/mol. The van der Waals surface area contributed by atoms with E-state index in [0.29, 0.717) is 22.3 Å². The molecule has 1 aliphatic carbocycles. The van der Waals surface area contributed by atoms with Gasteiger partial charge in [-0.25, -0.2) is 0 Å². The van der Waals surface area contributed by atoms with Gasteiger partial charge in [-0.2, -0.15) is 0 Å². The molecule has 2 aromatic carbocycles. The second-order valence-corrected chi connectivity index (χ2v) is 7.74. The van der Waals surface area contributed by atoms with E-state index in [1.807, 2.05) is 50.2 Å². The summed E-state index contributed by atoms with van der Waals surface area (Å²) in [5, 5.41) is 23.0. The van der Waals surface area contributed by atoms with E-state index in [1.54, 1.807) is 24.3 Å². The first-order valence-corrected chi connectivity index (χ1v) is 9.74. The van der Waals surface area contributed by atoms with Gasteiger partial charge in [0.15, 0.2) is 5.72 Å². The summed E-state index contributed by atoms with van der Waals surface area (Å²) >= 11 is 0. The van der Waals surface area contributed by atoms with Gasteiger partial charge < -0.3 is 5.11 Å². The molecule has 1 heterocycles. The van der Waals surface area contributed by atoms with Gasteiger partial charge in [-0.3, -0.25) is 19.8 Å². The maximum Gasteiger partial charge on any atom is 0.257 e. The van der Waals surface area contributed by atoms with Gasteiger partial charge in [0.05, 0.1) is 11.3 Å². The Kier molecular flexibility index (Phi) is 4.87. The van der Waals surface area contributed by atoms with Crippen LogP contribution in [0, 0.1) is 24.0 Å². The van der Waals surface area contributed by atoms with Crippen LogP contribution in [-0.4, -0.2) is 27.4 Å². The SMILES string of the molecule is Cc1ccc(C2(O)c3cc(C)ccc3C(=O)N2CC2=CC=C([N+](=O)[O-])CC=C2)cc1. The second kappa shape index (κ2) is 7.39. The highest BCUT2D eigenvalue weighted by molar-refractivity contribution is 6.00. The standard InChI is InChI=1S/C24H22N2O4/c1-16-6-10-19(11-7-16)24(28)22-14-17(2)8-13-21(22)23(27)25(24)15-18-4-3-5-20(12-9-18)26(29)30/h3-4,6-14,28H,5,15H2,1-2H3. The fourth-order valence-electron chi connectivity index (χ4n) is 3.94. The van der Waals surface area contributed by atoms with Crippen molar-refractivity contribution in [3.8, 4) is 0 Å². The van der Waals surface area contributed by atoms with Crippen molar-refractivity contribution in [1.82, 2.24) is 4.90 Å². The molecule has 1 atom stereocenters. The molecular formula is C24H22N2O4. The van der Waals surface area contributed by atoms with Crippen molar-refractivity contribution in [3.63, 3.8) is 0 Å². The number of hydrogen-bond donors (Lipinski definition) is 1. The van der Waals surface area contributed by atoms with Gasteiger partial charge in [-0.15, -0.1) is 0 Å². The molecule has 0 aromatic heterocycles. The molecule has 0 bridgehead atoms. The monoisotopic (exact) mass is 402 g/mol. The summed E-state index contributed by atoms with van der Waals surface area (Å²) in [5.41, 5.74) is 2.78. The van der Waals surface area contributed by atoms with Crippen LogP contribution in [0.2, 0.25) is 0 Å². The first-order chi connectivity index (χ1) is 14.3. The van der Waals surface area contributed by atoms with Crippen LogP contribution in [0.3, 0.4) is 0 Å². The Bertz CT molecular complexity index is 1130. The maximum absolute atomic E-state index is 13.3. The first-order valence-electron chi connectivity index (χ1n) is 9.74. The van der Waals surface area contributed by atoms with Crippen LogP contribution in [0.25, 0.3) is 0 Å². The van der Waals surface area contributed by atoms with E-state index in [2.05, 4.69) is 0 Å². The van der Waals surface area contributed by atoms with Crippen molar-refractivity contribution in [3.05, 3.63) is 116 Å². The molecule has 1 unspecified atom stereocenters. The van der Waals surface area contributed by atoms with Crippen molar-refractivity contribution in [2.75, 3.05) is 6.54 Å². The zero-order valence-electron chi connectivity index (χ0n) is 16.8. The number of carbonyl (C=O) groups is 1. The minimum Gasteiger partial charge on any atom is -0.363 e. The van der Waals surface area contributed by atoms with Gasteiger partial charge >= 0.3 is 0 Å². The zero-order valence-corrected chi connectivity index (χ0v) is 16.8. The van der Waals surface area contributed by atoms with Gasteiger partial charge in [0, 0.05) is 29.3 Å². The van der Waals surface area contributed by atoms with E-state index in [0.717, 1.165) is 11.1 Å². The Labute approximate surface area is 174 Å². The third-order valence-corrected chi connectivity index (χ3v) is 5.59. The average Bonchev–Trinajstić information content (AvgIpc) is 2.87. The molecular weight excluding hydrogens is 380 g/mol. The van der Waals surface area contributed by atoms with E-state index in [9.17, 15) is 20.0 Å². The first kappa shape index (κ1) is 19.8. The van der Waals surface area contributed by atoms with E-state index in [4.69, 9.17) is 0 Å². The number of aryl methyl sites for hydroxylation is 2. The summed E-state index contributed by atoms with van der Waals surface area (Å²) in [6.45, 7) is 4.00. The summed E-state index contributed by atoms with van der Waals surface area (Å²) in [7, 11) is 0. The highest BCUT2D eigenvalue weighted by Crippen LogP contribution is 2.43. The number of nitro groups is 1. The van der Waals surface area contributed by atoms with Crippen LogP contribution in [0.5, 0.6) is 0 Å². The molecule has 0 spiro atoms. The Morgan fingerprint density at radius 1 is 1.10 bits per heavy atom. The lowest BCUT2D eigenvalue weighted by atomic mass is 9.92. The number of rotatable bonds is 4. The van der Waals surface area contributed by atoms with Crippen LogP contribution < -0.4 is 0 Å². The molecule has 6 heteroatoms. The molecule has 2 aliphatic rings. The fourth-order valence-corrected chi connectivity index (χ4v) is 3.94. The van der Waals surface area contributed by atoms with Crippen molar-refractivity contribution in [2.24, 2.45) is 0 Å². The van der Waals surface area contributed by atoms with Crippen LogP contribution in [0.1, 0.15) is 39.0 Å². The van der Waals surface area contributed by atoms with Crippen molar-refractivity contribution >= 4 is 5.91 Å². The normalized spacial score (nSPS) is 20.5. The smallest absolute Gasteiger partial charge is 0.257 e. The van der Waals surface area contributed by atoms with Gasteiger partial charge in [0.25, 0.3) is 5.91 Å². The lowest BCUT2D eigenvalue weighted by Gasteiger charge is -2.35. The molecule has 1 N–H and O–H groups in total. The number of hydrogen-bond acceptors (Lipinski definition) is 4. The minimum absolute atomic E-state index is 0.0849. The minimum atomic E-state index is -1.62. The fraction of sp³-hybridized carbons (Fsp3) is 0.208. The molecule has 0 radical (unpaired) electrons. The zero-order chi connectivity index (χ0) is 21.5. The van der Waals surface area contributed by atoms with Crippen LogP contribution in [-0.2, 0) is 5.72 Å². The number of nitrogens with zero attached hydrogens (tertiary/aromatic N) is 2. The second-order valence-electron chi connectivity index (χ2n) is 7.74. The van der Waals surface area contributed by atoms with Gasteiger partial charge in [0.2, 0.25) is 5.70 Å². The molecule has 0 fully saturated rings. The topological polar surface area (TPSA) is 83.7 Å². The highest BCUT2D eigenvalue weighted by Gasteiger charge is 2.49. The lowest BCUT2D eigenvalue weighted by Crippen LogP contribution is -2.45. The molecule has 1 aliphatic heterocycles. The van der Waals surface area contributed by atoms with Crippen LogP contribution in [0.15, 0.2) is 78.0 Å². The molecule has 152 valence electrons. The third-order valence-electron chi connectivity index (χ3n) is 5.59. The quantitative estimate of drug-likeness (QED) is 0.619. The van der Waals surface area contributed by atoms with Crippen molar-refractivity contribution in [1.29, 1.82) is 0 Å². The van der Waals surface area contributed by atoms with E-state index >= 15 is 0 Å². The predicted octanol–water partition coefficient (Wildman–Crippen LogP) is 4.00. The molecule has 1 amide bonds. The lowest BCUT2D eigenvalue weighted by molar-refractivity contribution is -0.426. The summed E-state index contributed by atoms with van der Waals surface area (Å²) in [5.74, 6) is -0.273. The van der Waals surface area contributed by atoms with Gasteiger partial charge in [0.1, 0.15) is 0 Å². The predicted molar refractivity (Wildman–Crippen MR) is 113 cm³/mol. The molecule has 0 saturated heterocycles. The van der Waals surface area contributed by atoms with Crippen molar-refractivity contribution < 1.29 is 14.8 Å². The number of carbonyl (C=O) groups excluding carboxylic acids is 1. The molecule has 2 aromatic rings. The van der Waals surface area contributed by atoms with Crippen LogP contribution in [0.4, 0.5) is 0 Å². The summed E-state index contributed by atoms with van der Waals surface area (Å²) in [6, 6.07) is 12.9. The van der Waals surface area contributed by atoms with Crippen molar-refractivity contribution in [2.45, 2.75) is 26.0 Å². The van der Waals surface area contributed by atoms with E-state index < -0.39 is 10.6 Å². The number of aliphatic hydroxyl groups is 1. The number of allylic oxidation sites excluding steroid dienone is 3. The number of fused-ring (bicyclic) bond motifs is 1. The number of benzene rings is 2. The van der Waals surface area contributed by atoms with E-state index in [1.165, 1.54) is 11.0 Å². The Hall–Kier alpha value is -3.51. The maximum atomic E-state index is 13.3. The molecule has 4 rings (SSSR count). The Balaban J connectivity index is 1.81. The molecule has 6 nitrogen and oxygen atoms in total. The van der Waals surface area contributed by atoms with Gasteiger partial charge in [-0.1, -0.05) is 65.8 Å². The summed E-state index contributed by atoms with van der Waals surface area (Å²) in [4.78, 5) is 25.4. The van der Waals surface area contributed by atoms with E-state index in [-0.39, 0.29) is 24.6 Å². The Morgan fingerprint density at radius 3 is 2.50 bits per heavy atom. The molecule has 0 saturated carbocycles. The largest absolute Gasteiger partial charge is 0.363 e. The summed E-state index contributed by atoms with van der Waals surface area (Å²) in [6.07, 6.45) is 6.78. The summed E-state index contributed by atoms with van der Waals surface area (Å²) < 4.78 is 0. The molecule has 30 heavy (non-hydrogen) atoms. The highest BCUT2D eigenvalue weighted by atomic mass is 16.6. The van der Waals surface area contributed by atoms with Crippen LogP contribution >= 0.6 is 0 Å².